The molecule has 8 heteroatoms. The normalized spacial score (nSPS) is 11.5. The van der Waals surface area contributed by atoms with Crippen molar-refractivity contribution in [3.8, 4) is 0 Å². The van der Waals surface area contributed by atoms with Gasteiger partial charge in [0.1, 0.15) is 11.3 Å². The van der Waals surface area contributed by atoms with E-state index in [1.807, 2.05) is 0 Å². The Kier molecular flexibility index (Phi) is 2.64. The Labute approximate surface area is 93.1 Å². The molecule has 0 atom stereocenters. The van der Waals surface area contributed by atoms with Crippen LogP contribution in [-0.4, -0.2) is 9.38 Å². The minimum atomic E-state index is -4.45. The molecule has 2 aromatic heterocycles. The molecule has 2 aromatic rings. The minimum Gasteiger partial charge on any atom is -0.295 e. The summed E-state index contributed by atoms with van der Waals surface area (Å²) >= 11 is 0. The second kappa shape index (κ2) is 3.99. The van der Waals surface area contributed by atoms with Gasteiger partial charge in [-0.05, 0) is 17.7 Å². The van der Waals surface area contributed by atoms with E-state index in [4.69, 9.17) is 5.53 Å². The van der Waals surface area contributed by atoms with Crippen LogP contribution in [0.5, 0.6) is 0 Å². The summed E-state index contributed by atoms with van der Waals surface area (Å²) in [6.07, 6.45) is -3.23. The van der Waals surface area contributed by atoms with Crippen molar-refractivity contribution in [3.05, 3.63) is 46.2 Å². The van der Waals surface area contributed by atoms with Crippen LogP contribution in [0.2, 0.25) is 0 Å². The Hall–Kier alpha value is -2.21. The molecule has 88 valence electrons. The Balaban J connectivity index is 2.56. The second-order valence-corrected chi connectivity index (χ2v) is 3.26. The quantitative estimate of drug-likeness (QED) is 0.452. The Morgan fingerprint density at radius 3 is 2.82 bits per heavy atom. The number of nitrogens with zero attached hydrogens (tertiary/aromatic N) is 5. The van der Waals surface area contributed by atoms with Crippen LogP contribution in [0.3, 0.4) is 0 Å². The minimum absolute atomic E-state index is 0.0739. The number of hydrogen-bond donors (Lipinski definition) is 0. The van der Waals surface area contributed by atoms with E-state index in [9.17, 15) is 13.2 Å². The van der Waals surface area contributed by atoms with Crippen molar-refractivity contribution in [3.63, 3.8) is 0 Å². The standard InChI is InChI=1S/C9H6F3N5/c10-9(11,12)7-2-1-3-8-15-6(4-14-16-13)5-17(7)8/h1-3,5H,4H2. The van der Waals surface area contributed by atoms with E-state index in [1.165, 1.54) is 18.3 Å². The number of halogens is 3. The van der Waals surface area contributed by atoms with E-state index in [-0.39, 0.29) is 12.2 Å². The van der Waals surface area contributed by atoms with Crippen LogP contribution >= 0.6 is 0 Å². The first-order valence-electron chi connectivity index (χ1n) is 4.57. The van der Waals surface area contributed by atoms with Crippen LogP contribution in [-0.2, 0) is 12.7 Å². The van der Waals surface area contributed by atoms with E-state index in [2.05, 4.69) is 15.0 Å². The molecule has 0 aliphatic carbocycles. The summed E-state index contributed by atoms with van der Waals surface area (Å²) in [4.78, 5) is 6.45. The molecule has 0 aliphatic rings. The fraction of sp³-hybridized carbons (Fsp3) is 0.222. The number of pyridine rings is 1. The molecule has 0 saturated heterocycles. The van der Waals surface area contributed by atoms with Crippen molar-refractivity contribution in [2.24, 2.45) is 5.11 Å². The van der Waals surface area contributed by atoms with Crippen LogP contribution in [0.4, 0.5) is 13.2 Å². The molecule has 2 heterocycles. The molecule has 0 spiro atoms. The highest BCUT2D eigenvalue weighted by Crippen LogP contribution is 2.29. The lowest BCUT2D eigenvalue weighted by Crippen LogP contribution is -2.10. The average Bonchev–Trinajstić information content (AvgIpc) is 2.66. The maximum Gasteiger partial charge on any atom is 0.431 e. The van der Waals surface area contributed by atoms with Gasteiger partial charge in [-0.1, -0.05) is 11.2 Å². The van der Waals surface area contributed by atoms with Crippen LogP contribution in [0.25, 0.3) is 16.1 Å². The highest BCUT2D eigenvalue weighted by molar-refractivity contribution is 5.42. The predicted molar refractivity (Wildman–Crippen MR) is 53.0 cm³/mol. The SMILES string of the molecule is [N-]=[N+]=NCc1cn2c(C(F)(F)F)cccc2n1. The smallest absolute Gasteiger partial charge is 0.295 e. The summed E-state index contributed by atoms with van der Waals surface area (Å²) < 4.78 is 38.9. The van der Waals surface area contributed by atoms with Gasteiger partial charge in [0.15, 0.2) is 0 Å². The van der Waals surface area contributed by atoms with Crippen molar-refractivity contribution < 1.29 is 13.2 Å². The van der Waals surface area contributed by atoms with E-state index >= 15 is 0 Å². The molecule has 5 nitrogen and oxygen atoms in total. The van der Waals surface area contributed by atoms with Gasteiger partial charge in [0, 0.05) is 11.1 Å². The number of alkyl halides is 3. The first-order valence-corrected chi connectivity index (χ1v) is 4.57. The summed E-state index contributed by atoms with van der Waals surface area (Å²) in [5, 5.41) is 3.25. The van der Waals surface area contributed by atoms with E-state index in [0.717, 1.165) is 10.5 Å². The number of azide groups is 1. The molecule has 0 bridgehead atoms. The molecule has 0 radical (unpaired) electrons. The highest BCUT2D eigenvalue weighted by Gasteiger charge is 2.33. The van der Waals surface area contributed by atoms with Gasteiger partial charge in [-0.2, -0.15) is 13.2 Å². The zero-order chi connectivity index (χ0) is 12.5. The van der Waals surface area contributed by atoms with E-state index < -0.39 is 11.9 Å². The van der Waals surface area contributed by atoms with Crippen molar-refractivity contribution in [2.45, 2.75) is 12.7 Å². The van der Waals surface area contributed by atoms with Crippen LogP contribution in [0, 0.1) is 0 Å². The van der Waals surface area contributed by atoms with Crippen LogP contribution < -0.4 is 0 Å². The predicted octanol–water partition coefficient (Wildman–Crippen LogP) is 3.16. The molecule has 0 fully saturated rings. The molecule has 0 aromatic carbocycles. The monoisotopic (exact) mass is 241 g/mol. The van der Waals surface area contributed by atoms with Crippen LogP contribution in [0.1, 0.15) is 11.4 Å². The number of hydrogen-bond acceptors (Lipinski definition) is 2. The van der Waals surface area contributed by atoms with Crippen molar-refractivity contribution >= 4 is 5.65 Å². The Morgan fingerprint density at radius 1 is 1.41 bits per heavy atom. The van der Waals surface area contributed by atoms with Gasteiger partial charge < -0.3 is 0 Å². The zero-order valence-corrected chi connectivity index (χ0v) is 8.39. The topological polar surface area (TPSA) is 66.1 Å². The first-order chi connectivity index (χ1) is 8.02. The second-order valence-electron chi connectivity index (χ2n) is 3.26. The number of fused-ring (bicyclic) bond motifs is 1. The van der Waals surface area contributed by atoms with Gasteiger partial charge in [0.2, 0.25) is 0 Å². The summed E-state index contributed by atoms with van der Waals surface area (Å²) in [6, 6.07) is 3.70. The lowest BCUT2D eigenvalue weighted by atomic mass is 10.3. The molecule has 0 N–H and O–H groups in total. The third kappa shape index (κ3) is 2.16. The highest BCUT2D eigenvalue weighted by atomic mass is 19.4. The number of aromatic nitrogens is 2. The largest absolute Gasteiger partial charge is 0.431 e. The van der Waals surface area contributed by atoms with Gasteiger partial charge in [-0.15, -0.1) is 0 Å². The Bertz CT molecular complexity index is 594. The molecule has 0 saturated carbocycles. The van der Waals surface area contributed by atoms with Gasteiger partial charge in [0.05, 0.1) is 12.2 Å². The summed E-state index contributed by atoms with van der Waals surface area (Å²) in [5.74, 6) is 0. The van der Waals surface area contributed by atoms with Gasteiger partial charge >= 0.3 is 6.18 Å². The van der Waals surface area contributed by atoms with Gasteiger partial charge in [-0.3, -0.25) is 4.40 Å². The lowest BCUT2D eigenvalue weighted by molar-refractivity contribution is -0.142. The fourth-order valence-corrected chi connectivity index (χ4v) is 1.47. The van der Waals surface area contributed by atoms with Gasteiger partial charge in [0.25, 0.3) is 0 Å². The maximum atomic E-state index is 12.6. The summed E-state index contributed by atoms with van der Waals surface area (Å²) in [6.45, 7) is -0.0739. The summed E-state index contributed by atoms with van der Waals surface area (Å²) in [7, 11) is 0. The van der Waals surface area contributed by atoms with Crippen molar-refractivity contribution in [1.29, 1.82) is 0 Å². The zero-order valence-electron chi connectivity index (χ0n) is 8.39. The molecule has 0 unspecified atom stereocenters. The molecule has 2 rings (SSSR count). The number of imidazole rings is 1. The van der Waals surface area contributed by atoms with Gasteiger partial charge in [-0.25, -0.2) is 4.98 Å². The summed E-state index contributed by atoms with van der Waals surface area (Å²) in [5.41, 5.74) is 7.78. The lowest BCUT2D eigenvalue weighted by Gasteiger charge is -2.08. The third-order valence-corrected chi connectivity index (χ3v) is 2.13. The number of rotatable bonds is 2. The molecule has 0 amide bonds. The molecule has 17 heavy (non-hydrogen) atoms. The fourth-order valence-electron chi connectivity index (χ4n) is 1.47. The molecular formula is C9H6F3N5. The van der Waals surface area contributed by atoms with Crippen LogP contribution in [0.15, 0.2) is 29.5 Å². The molecule has 0 aliphatic heterocycles. The third-order valence-electron chi connectivity index (χ3n) is 2.13. The van der Waals surface area contributed by atoms with E-state index in [0.29, 0.717) is 5.69 Å². The average molecular weight is 241 g/mol. The van der Waals surface area contributed by atoms with Crippen molar-refractivity contribution in [2.75, 3.05) is 0 Å². The maximum absolute atomic E-state index is 12.6. The Morgan fingerprint density at radius 2 is 2.18 bits per heavy atom. The van der Waals surface area contributed by atoms with E-state index in [1.54, 1.807) is 0 Å². The molecular weight excluding hydrogens is 235 g/mol. The van der Waals surface area contributed by atoms with Crippen molar-refractivity contribution in [1.82, 2.24) is 9.38 Å². The first kappa shape index (κ1) is 11.3.